The van der Waals surface area contributed by atoms with E-state index in [-0.39, 0.29) is 5.91 Å². The first-order valence-corrected chi connectivity index (χ1v) is 7.64. The van der Waals surface area contributed by atoms with Gasteiger partial charge in [0.15, 0.2) is 0 Å². The van der Waals surface area contributed by atoms with Crippen LogP contribution in [0.25, 0.3) is 0 Å². The zero-order valence-electron chi connectivity index (χ0n) is 13.7. The van der Waals surface area contributed by atoms with Crippen LogP contribution in [0.5, 0.6) is 5.75 Å². The van der Waals surface area contributed by atoms with Crippen molar-refractivity contribution in [2.75, 3.05) is 7.11 Å². The standard InChI is InChI=1S/C19H20N2O3/c1-14(24-13-15-8-4-3-5-9-15)19(22)21-17(12-20)16-10-6-7-11-18(16)23-2/h3-11,14,17H,13H2,1-2H3,(H,21,22). The van der Waals surface area contributed by atoms with Crippen LogP contribution >= 0.6 is 0 Å². The Labute approximate surface area is 141 Å². The van der Waals surface area contributed by atoms with Crippen LogP contribution in [0.1, 0.15) is 24.1 Å². The number of benzene rings is 2. The normalized spacial score (nSPS) is 12.7. The molecule has 0 heterocycles. The summed E-state index contributed by atoms with van der Waals surface area (Å²) in [5.41, 5.74) is 1.60. The summed E-state index contributed by atoms with van der Waals surface area (Å²) in [5.74, 6) is 0.214. The van der Waals surface area contributed by atoms with Crippen LogP contribution in [-0.2, 0) is 16.1 Å². The maximum atomic E-state index is 12.3. The van der Waals surface area contributed by atoms with E-state index in [1.165, 1.54) is 7.11 Å². The molecule has 0 aliphatic rings. The summed E-state index contributed by atoms with van der Waals surface area (Å²) >= 11 is 0. The van der Waals surface area contributed by atoms with E-state index in [1.807, 2.05) is 36.4 Å². The molecule has 2 aromatic carbocycles. The van der Waals surface area contributed by atoms with Gasteiger partial charge in [0.25, 0.3) is 0 Å². The smallest absolute Gasteiger partial charge is 0.250 e. The molecule has 124 valence electrons. The summed E-state index contributed by atoms with van der Waals surface area (Å²) in [5, 5.41) is 12.1. The largest absolute Gasteiger partial charge is 0.496 e. The lowest BCUT2D eigenvalue weighted by Crippen LogP contribution is -2.36. The van der Waals surface area contributed by atoms with E-state index >= 15 is 0 Å². The zero-order valence-corrected chi connectivity index (χ0v) is 13.7. The summed E-state index contributed by atoms with van der Waals surface area (Å²) in [4.78, 5) is 12.3. The summed E-state index contributed by atoms with van der Waals surface area (Å²) in [6.07, 6.45) is -0.671. The van der Waals surface area contributed by atoms with Gasteiger partial charge >= 0.3 is 0 Å². The number of para-hydroxylation sites is 1. The van der Waals surface area contributed by atoms with Gasteiger partial charge in [-0.25, -0.2) is 0 Å². The first-order chi connectivity index (χ1) is 11.7. The minimum Gasteiger partial charge on any atom is -0.496 e. The van der Waals surface area contributed by atoms with Crippen LogP contribution in [0.4, 0.5) is 0 Å². The fraction of sp³-hybridized carbons (Fsp3) is 0.263. The number of hydrogen-bond donors (Lipinski definition) is 1. The molecular weight excluding hydrogens is 304 g/mol. The van der Waals surface area contributed by atoms with Crippen molar-refractivity contribution in [1.29, 1.82) is 5.26 Å². The Kier molecular flexibility index (Phi) is 6.35. The molecular formula is C19H20N2O3. The van der Waals surface area contributed by atoms with Crippen molar-refractivity contribution in [1.82, 2.24) is 5.32 Å². The van der Waals surface area contributed by atoms with Crippen molar-refractivity contribution in [2.45, 2.75) is 25.7 Å². The molecule has 0 saturated carbocycles. The van der Waals surface area contributed by atoms with Crippen LogP contribution in [-0.4, -0.2) is 19.1 Å². The molecule has 0 fully saturated rings. The molecule has 0 spiro atoms. The van der Waals surface area contributed by atoms with Gasteiger partial charge in [0.2, 0.25) is 5.91 Å². The lowest BCUT2D eigenvalue weighted by atomic mass is 10.1. The molecule has 5 nitrogen and oxygen atoms in total. The van der Waals surface area contributed by atoms with Crippen LogP contribution in [0.15, 0.2) is 54.6 Å². The number of nitriles is 1. The number of methoxy groups -OCH3 is 1. The number of ether oxygens (including phenoxy) is 2. The van der Waals surface area contributed by atoms with Gasteiger partial charge in [0.1, 0.15) is 17.9 Å². The van der Waals surface area contributed by atoms with Gasteiger partial charge in [-0.05, 0) is 18.6 Å². The lowest BCUT2D eigenvalue weighted by Gasteiger charge is -2.18. The van der Waals surface area contributed by atoms with E-state index in [1.54, 1.807) is 25.1 Å². The van der Waals surface area contributed by atoms with Gasteiger partial charge < -0.3 is 14.8 Å². The van der Waals surface area contributed by atoms with Crippen LogP contribution in [0, 0.1) is 11.3 Å². The van der Waals surface area contributed by atoms with Crippen molar-refractivity contribution in [2.24, 2.45) is 0 Å². The Bertz CT molecular complexity index is 710. The number of amides is 1. The van der Waals surface area contributed by atoms with Crippen molar-refractivity contribution in [3.8, 4) is 11.8 Å². The summed E-state index contributed by atoms with van der Waals surface area (Å²) < 4.78 is 10.8. The number of nitrogens with zero attached hydrogens (tertiary/aromatic N) is 1. The summed E-state index contributed by atoms with van der Waals surface area (Å²) in [6, 6.07) is 18.0. The third kappa shape index (κ3) is 4.58. The highest BCUT2D eigenvalue weighted by Crippen LogP contribution is 2.24. The third-order valence-electron chi connectivity index (χ3n) is 3.58. The van der Waals surface area contributed by atoms with E-state index in [9.17, 15) is 10.1 Å². The number of rotatable bonds is 7. The van der Waals surface area contributed by atoms with Crippen molar-refractivity contribution >= 4 is 5.91 Å². The number of nitrogens with one attached hydrogen (secondary N) is 1. The third-order valence-corrected chi connectivity index (χ3v) is 3.58. The highest BCUT2D eigenvalue weighted by molar-refractivity contribution is 5.81. The number of carbonyl (C=O) groups excluding carboxylic acids is 1. The van der Waals surface area contributed by atoms with Crippen molar-refractivity contribution in [3.05, 3.63) is 65.7 Å². The molecule has 0 aliphatic heterocycles. The van der Waals surface area contributed by atoms with Crippen molar-refractivity contribution < 1.29 is 14.3 Å². The SMILES string of the molecule is COc1ccccc1C(C#N)NC(=O)C(C)OCc1ccccc1. The molecule has 24 heavy (non-hydrogen) atoms. The molecule has 2 atom stereocenters. The van der Waals surface area contributed by atoms with Gasteiger partial charge in [-0.2, -0.15) is 5.26 Å². The molecule has 0 aliphatic carbocycles. The molecule has 2 aromatic rings. The summed E-state index contributed by atoms with van der Waals surface area (Å²) in [7, 11) is 1.53. The van der Waals surface area contributed by atoms with Gasteiger partial charge in [-0.1, -0.05) is 48.5 Å². The van der Waals surface area contributed by atoms with Gasteiger partial charge in [0.05, 0.1) is 19.8 Å². The maximum absolute atomic E-state index is 12.3. The highest BCUT2D eigenvalue weighted by Gasteiger charge is 2.21. The minimum atomic E-state index is -0.795. The quantitative estimate of drug-likeness (QED) is 0.850. The Balaban J connectivity index is 1.97. The molecule has 1 N–H and O–H groups in total. The predicted molar refractivity (Wildman–Crippen MR) is 90.2 cm³/mol. The Morgan fingerprint density at radius 1 is 1.17 bits per heavy atom. The van der Waals surface area contributed by atoms with Crippen LogP contribution in [0.3, 0.4) is 0 Å². The van der Waals surface area contributed by atoms with Gasteiger partial charge in [-0.15, -0.1) is 0 Å². The molecule has 0 radical (unpaired) electrons. The second-order valence-electron chi connectivity index (χ2n) is 5.25. The fourth-order valence-corrected chi connectivity index (χ4v) is 2.22. The molecule has 2 unspecified atom stereocenters. The average molecular weight is 324 g/mol. The molecule has 5 heteroatoms. The van der Waals surface area contributed by atoms with E-state index in [0.29, 0.717) is 17.9 Å². The molecule has 0 aromatic heterocycles. The first-order valence-electron chi connectivity index (χ1n) is 7.64. The Hall–Kier alpha value is -2.84. The number of carbonyl (C=O) groups is 1. The van der Waals surface area contributed by atoms with E-state index in [2.05, 4.69) is 11.4 Å². The van der Waals surface area contributed by atoms with Crippen molar-refractivity contribution in [3.63, 3.8) is 0 Å². The zero-order chi connectivity index (χ0) is 17.4. The van der Waals surface area contributed by atoms with E-state index in [4.69, 9.17) is 9.47 Å². The van der Waals surface area contributed by atoms with Crippen LogP contribution < -0.4 is 10.1 Å². The lowest BCUT2D eigenvalue weighted by molar-refractivity contribution is -0.132. The second kappa shape index (κ2) is 8.70. The monoisotopic (exact) mass is 324 g/mol. The molecule has 1 amide bonds. The van der Waals surface area contributed by atoms with E-state index in [0.717, 1.165) is 5.56 Å². The molecule has 0 saturated heterocycles. The second-order valence-corrected chi connectivity index (χ2v) is 5.25. The van der Waals surface area contributed by atoms with Gasteiger partial charge in [-0.3, -0.25) is 4.79 Å². The Morgan fingerprint density at radius 3 is 2.50 bits per heavy atom. The Morgan fingerprint density at radius 2 is 1.83 bits per heavy atom. The minimum absolute atomic E-state index is 0.335. The fourth-order valence-electron chi connectivity index (χ4n) is 2.22. The maximum Gasteiger partial charge on any atom is 0.250 e. The van der Waals surface area contributed by atoms with Crippen LogP contribution in [0.2, 0.25) is 0 Å². The molecule has 2 rings (SSSR count). The first kappa shape index (κ1) is 17.5. The summed E-state index contributed by atoms with van der Waals surface area (Å²) in [6.45, 7) is 2.00. The average Bonchev–Trinajstić information content (AvgIpc) is 2.64. The highest BCUT2D eigenvalue weighted by atomic mass is 16.5. The topological polar surface area (TPSA) is 71.3 Å². The number of hydrogen-bond acceptors (Lipinski definition) is 4. The molecule has 0 bridgehead atoms. The van der Waals surface area contributed by atoms with Gasteiger partial charge in [0, 0.05) is 5.56 Å². The predicted octanol–water partition coefficient (Wildman–Crippen LogP) is 2.98. The van der Waals surface area contributed by atoms with E-state index < -0.39 is 12.1 Å².